The quantitative estimate of drug-likeness (QED) is 0.628. The Morgan fingerprint density at radius 2 is 1.57 bits per heavy atom. The van der Waals surface area contributed by atoms with Gasteiger partial charge < -0.3 is 19.4 Å². The predicted octanol–water partition coefficient (Wildman–Crippen LogP) is 3.78. The summed E-state index contributed by atoms with van der Waals surface area (Å²) in [4.78, 5) is 11.7. The minimum atomic E-state index is -1.03. The summed E-state index contributed by atoms with van der Waals surface area (Å²) in [5.74, 6) is -0.352. The van der Waals surface area contributed by atoms with Crippen LogP contribution >= 0.6 is 0 Å². The second-order valence-electron chi connectivity index (χ2n) is 8.44. The van der Waals surface area contributed by atoms with E-state index in [1.807, 2.05) is 27.7 Å². The summed E-state index contributed by atoms with van der Waals surface area (Å²) in [7, 11) is 0.310. The molecule has 0 spiro atoms. The second kappa shape index (κ2) is 7.97. The monoisotopic (exact) mass is 389 g/mol. The summed E-state index contributed by atoms with van der Waals surface area (Å²) < 4.78 is 32.4. The Bertz CT molecular complexity index is 738. The van der Waals surface area contributed by atoms with Gasteiger partial charge in [-0.1, -0.05) is 12.1 Å². The van der Waals surface area contributed by atoms with E-state index in [1.165, 1.54) is 7.11 Å². The lowest BCUT2D eigenvalue weighted by atomic mass is 9.76. The van der Waals surface area contributed by atoms with Gasteiger partial charge in [-0.05, 0) is 82.8 Å². The van der Waals surface area contributed by atoms with Crippen molar-refractivity contribution in [3.63, 3.8) is 0 Å². The third-order valence-corrected chi connectivity index (χ3v) is 6.08. The molecule has 28 heavy (non-hydrogen) atoms. The van der Waals surface area contributed by atoms with E-state index >= 15 is 4.39 Å². The fourth-order valence-electron chi connectivity index (χ4n) is 3.66. The molecule has 0 atom stereocenters. The van der Waals surface area contributed by atoms with Gasteiger partial charge in [0.1, 0.15) is 5.73 Å². The molecule has 2 fully saturated rings. The lowest BCUT2D eigenvalue weighted by Gasteiger charge is -2.32. The van der Waals surface area contributed by atoms with E-state index in [4.69, 9.17) is 14.0 Å². The largest absolute Gasteiger partial charge is 0.525 e. The van der Waals surface area contributed by atoms with Gasteiger partial charge in [0.15, 0.2) is 0 Å². The van der Waals surface area contributed by atoms with Crippen LogP contribution in [0.15, 0.2) is 30.0 Å². The molecule has 0 aromatic heterocycles. The SMILES string of the molecule is COC(=O)c1ccc(C(=C(F)B2OC(C)(C)C(C)(C)O2)C2CCNCC2)cc1. The average Bonchev–Trinajstić information content (AvgIpc) is 2.90. The highest BCUT2D eigenvalue weighted by atomic mass is 19.1. The molecular formula is C21H29BFNO4. The first-order valence-electron chi connectivity index (χ1n) is 9.81. The Hall–Kier alpha value is -1.70. The highest BCUT2D eigenvalue weighted by Gasteiger charge is 2.54. The first-order chi connectivity index (χ1) is 13.2. The number of hydrogen-bond donors (Lipinski definition) is 1. The maximum absolute atomic E-state index is 15.8. The molecule has 2 heterocycles. The number of halogens is 1. The van der Waals surface area contributed by atoms with Gasteiger partial charge in [0.05, 0.1) is 23.9 Å². The van der Waals surface area contributed by atoms with Crippen LogP contribution in [0.25, 0.3) is 5.57 Å². The summed E-state index contributed by atoms with van der Waals surface area (Å²) in [6.45, 7) is 9.33. The van der Waals surface area contributed by atoms with Gasteiger partial charge in [-0.25, -0.2) is 9.18 Å². The maximum Gasteiger partial charge on any atom is 0.525 e. The molecule has 2 saturated heterocycles. The number of ether oxygens (including phenoxy) is 1. The lowest BCUT2D eigenvalue weighted by Crippen LogP contribution is -2.41. The molecule has 3 rings (SSSR count). The van der Waals surface area contributed by atoms with Crippen LogP contribution in [-0.2, 0) is 14.0 Å². The molecular weight excluding hydrogens is 360 g/mol. The zero-order chi connectivity index (χ0) is 20.5. The van der Waals surface area contributed by atoms with E-state index in [-0.39, 0.29) is 11.6 Å². The summed E-state index contributed by atoms with van der Waals surface area (Å²) >= 11 is 0. The van der Waals surface area contributed by atoms with Crippen LogP contribution in [0.2, 0.25) is 0 Å². The van der Waals surface area contributed by atoms with E-state index < -0.39 is 24.3 Å². The zero-order valence-electron chi connectivity index (χ0n) is 17.3. The van der Waals surface area contributed by atoms with Crippen LogP contribution in [0.4, 0.5) is 4.39 Å². The molecule has 1 N–H and O–H groups in total. The first kappa shape index (κ1) is 21.0. The molecule has 7 heteroatoms. The van der Waals surface area contributed by atoms with Crippen LogP contribution in [0, 0.1) is 5.92 Å². The van der Waals surface area contributed by atoms with Crippen LogP contribution in [0.3, 0.4) is 0 Å². The number of hydrogen-bond acceptors (Lipinski definition) is 5. The van der Waals surface area contributed by atoms with E-state index in [2.05, 4.69) is 5.32 Å². The number of esters is 1. The third-order valence-electron chi connectivity index (χ3n) is 6.08. The molecule has 0 amide bonds. The van der Waals surface area contributed by atoms with Gasteiger partial charge in [-0.3, -0.25) is 0 Å². The lowest BCUT2D eigenvalue weighted by molar-refractivity contribution is 0.00578. The van der Waals surface area contributed by atoms with Crippen molar-refractivity contribution in [2.45, 2.75) is 51.7 Å². The Labute approximate surface area is 166 Å². The number of piperidine rings is 1. The normalized spacial score (nSPS) is 22.7. The zero-order valence-corrected chi connectivity index (χ0v) is 17.3. The Balaban J connectivity index is 1.99. The Morgan fingerprint density at radius 3 is 2.07 bits per heavy atom. The number of nitrogens with one attached hydrogen (secondary N) is 1. The van der Waals surface area contributed by atoms with Gasteiger partial charge in [0, 0.05) is 0 Å². The summed E-state index contributed by atoms with van der Waals surface area (Å²) in [6.07, 6.45) is 1.67. The van der Waals surface area contributed by atoms with Crippen molar-refractivity contribution in [2.24, 2.45) is 5.92 Å². The smallest absolute Gasteiger partial charge is 0.465 e. The van der Waals surface area contributed by atoms with Crippen LogP contribution in [0.5, 0.6) is 0 Å². The van der Waals surface area contributed by atoms with Gasteiger partial charge >= 0.3 is 13.1 Å². The van der Waals surface area contributed by atoms with Crippen molar-refractivity contribution >= 4 is 18.7 Å². The Kier molecular flexibility index (Phi) is 5.99. The number of methoxy groups -OCH3 is 1. The molecule has 0 bridgehead atoms. The third kappa shape index (κ3) is 4.02. The topological polar surface area (TPSA) is 56.8 Å². The molecule has 0 saturated carbocycles. The Morgan fingerprint density at radius 1 is 1.07 bits per heavy atom. The van der Waals surface area contributed by atoms with Gasteiger partial charge in [0.25, 0.3) is 0 Å². The van der Waals surface area contributed by atoms with Crippen molar-refractivity contribution in [3.05, 3.63) is 41.1 Å². The first-order valence-corrected chi connectivity index (χ1v) is 9.81. The summed E-state index contributed by atoms with van der Waals surface area (Å²) in [5.41, 5.74) is 0.192. The fourth-order valence-corrected chi connectivity index (χ4v) is 3.66. The van der Waals surface area contributed by atoms with Crippen LogP contribution < -0.4 is 5.32 Å². The molecule has 1 aromatic carbocycles. The highest BCUT2D eigenvalue weighted by molar-refractivity contribution is 6.55. The second-order valence-corrected chi connectivity index (χ2v) is 8.44. The molecule has 0 unspecified atom stereocenters. The van der Waals surface area contributed by atoms with Gasteiger partial charge in [0.2, 0.25) is 0 Å². The molecule has 5 nitrogen and oxygen atoms in total. The van der Waals surface area contributed by atoms with E-state index in [9.17, 15) is 4.79 Å². The number of carbonyl (C=O) groups excluding carboxylic acids is 1. The van der Waals surface area contributed by atoms with Crippen molar-refractivity contribution < 1.29 is 23.2 Å². The van der Waals surface area contributed by atoms with Gasteiger partial charge in [-0.2, -0.15) is 0 Å². The maximum atomic E-state index is 15.8. The molecule has 2 aliphatic heterocycles. The van der Waals surface area contributed by atoms with E-state index in [1.54, 1.807) is 24.3 Å². The van der Waals surface area contributed by atoms with Crippen molar-refractivity contribution in [1.29, 1.82) is 0 Å². The number of benzene rings is 1. The number of rotatable bonds is 4. The summed E-state index contributed by atoms with van der Waals surface area (Å²) in [5, 5.41) is 3.32. The molecule has 0 radical (unpaired) electrons. The van der Waals surface area contributed by atoms with Crippen molar-refractivity contribution in [1.82, 2.24) is 5.32 Å². The average molecular weight is 389 g/mol. The van der Waals surface area contributed by atoms with E-state index in [0.717, 1.165) is 31.5 Å². The predicted molar refractivity (Wildman–Crippen MR) is 107 cm³/mol. The van der Waals surface area contributed by atoms with Crippen LogP contribution in [-0.4, -0.2) is 44.5 Å². The molecule has 2 aliphatic rings. The summed E-state index contributed by atoms with van der Waals surface area (Å²) in [6, 6.07) is 6.88. The van der Waals surface area contributed by atoms with Crippen molar-refractivity contribution in [3.8, 4) is 0 Å². The van der Waals surface area contributed by atoms with Gasteiger partial charge in [-0.15, -0.1) is 0 Å². The number of allylic oxidation sites excluding steroid dienone is 1. The molecule has 0 aliphatic carbocycles. The van der Waals surface area contributed by atoms with E-state index in [0.29, 0.717) is 11.1 Å². The fraction of sp³-hybridized carbons (Fsp3) is 0.571. The standard InChI is InChI=1S/C21H29BFNO4/c1-20(2)21(3,4)28-22(27-20)18(23)17(15-10-12-24-13-11-15)14-6-8-16(9-7-14)19(25)26-5/h6-9,15,24H,10-13H2,1-5H3. The highest BCUT2D eigenvalue weighted by Crippen LogP contribution is 2.42. The van der Waals surface area contributed by atoms with Crippen molar-refractivity contribution in [2.75, 3.05) is 20.2 Å². The molecule has 1 aromatic rings. The minimum Gasteiger partial charge on any atom is -0.465 e. The molecule has 152 valence electrons. The van der Waals surface area contributed by atoms with Crippen LogP contribution in [0.1, 0.15) is 56.5 Å². The minimum absolute atomic E-state index is 0.0595. The number of carbonyl (C=O) groups is 1.